The number of benzene rings is 2. The predicted molar refractivity (Wildman–Crippen MR) is 109 cm³/mol. The molecule has 2 heterocycles. The minimum Gasteiger partial charge on any atom is -0.385 e. The van der Waals surface area contributed by atoms with Crippen molar-refractivity contribution in [3.63, 3.8) is 0 Å². The molecule has 2 aromatic carbocycles. The maximum Gasteiger partial charge on any atom is 0.227 e. The van der Waals surface area contributed by atoms with E-state index >= 15 is 4.39 Å². The predicted octanol–water partition coefficient (Wildman–Crippen LogP) is 2.95. The van der Waals surface area contributed by atoms with Crippen LogP contribution in [0.15, 0.2) is 46.2 Å². The lowest BCUT2D eigenvalue weighted by molar-refractivity contribution is -0.118. The van der Waals surface area contributed by atoms with E-state index in [4.69, 9.17) is 4.74 Å². The molecule has 1 saturated heterocycles. The molecule has 2 atom stereocenters. The topological polar surface area (TPSA) is 83.9 Å². The fourth-order valence-corrected chi connectivity index (χ4v) is 5.69. The molecule has 4 rings (SSSR count). The van der Waals surface area contributed by atoms with Crippen LogP contribution in [0.5, 0.6) is 0 Å². The average molecular weight is 434 g/mol. The Morgan fingerprint density at radius 1 is 1.23 bits per heavy atom. The van der Waals surface area contributed by atoms with Gasteiger partial charge in [-0.1, -0.05) is 12.1 Å². The van der Waals surface area contributed by atoms with Gasteiger partial charge in [0.05, 0.1) is 23.2 Å². The quantitative estimate of drug-likeness (QED) is 0.805. The van der Waals surface area contributed by atoms with Crippen molar-refractivity contribution in [3.8, 4) is 0 Å². The number of halogens is 1. The summed E-state index contributed by atoms with van der Waals surface area (Å²) in [5.74, 6) is -0.959. The molecular formula is C22H24FNO5S. The minimum atomic E-state index is -4.16. The van der Waals surface area contributed by atoms with Gasteiger partial charge in [0, 0.05) is 37.6 Å². The third kappa shape index (κ3) is 3.42. The van der Waals surface area contributed by atoms with Gasteiger partial charge in [0.25, 0.3) is 0 Å². The molecule has 1 N–H and O–H groups in total. The van der Waals surface area contributed by atoms with Crippen LogP contribution in [0.3, 0.4) is 0 Å². The number of rotatable bonds is 3. The second kappa shape index (κ2) is 7.44. The highest BCUT2D eigenvalue weighted by Crippen LogP contribution is 2.38. The molecule has 1 amide bonds. The van der Waals surface area contributed by atoms with Gasteiger partial charge in [0.2, 0.25) is 15.7 Å². The number of fused-ring (bicyclic) bond motifs is 1. The molecule has 0 aromatic heterocycles. The summed E-state index contributed by atoms with van der Waals surface area (Å²) in [5.41, 5.74) is -0.101. The summed E-state index contributed by atoms with van der Waals surface area (Å²) in [7, 11) is -2.61. The van der Waals surface area contributed by atoms with Gasteiger partial charge in [0.15, 0.2) is 0 Å². The maximum atomic E-state index is 15.2. The van der Waals surface area contributed by atoms with Crippen LogP contribution >= 0.6 is 0 Å². The molecule has 1 fully saturated rings. The summed E-state index contributed by atoms with van der Waals surface area (Å²) in [6, 6.07) is 8.74. The Hall–Kier alpha value is -2.29. The fourth-order valence-electron chi connectivity index (χ4n) is 4.29. The lowest BCUT2D eigenvalue weighted by atomic mass is 9.84. The fraction of sp³-hybridized carbons (Fsp3) is 0.409. The average Bonchev–Trinajstić information content (AvgIpc) is 2.71. The van der Waals surface area contributed by atoms with Crippen LogP contribution in [0.1, 0.15) is 37.3 Å². The van der Waals surface area contributed by atoms with Crippen LogP contribution < -0.4 is 4.90 Å². The molecule has 0 radical (unpaired) electrons. The zero-order valence-corrected chi connectivity index (χ0v) is 17.7. The van der Waals surface area contributed by atoms with E-state index in [0.717, 1.165) is 0 Å². The first-order valence-electron chi connectivity index (χ1n) is 9.91. The van der Waals surface area contributed by atoms with E-state index in [2.05, 4.69) is 0 Å². The summed E-state index contributed by atoms with van der Waals surface area (Å²) in [5, 5.41) is 11.1. The van der Waals surface area contributed by atoms with Gasteiger partial charge in [0.1, 0.15) is 10.7 Å². The van der Waals surface area contributed by atoms with Crippen molar-refractivity contribution < 1.29 is 27.4 Å². The molecular weight excluding hydrogens is 409 g/mol. The van der Waals surface area contributed by atoms with Crippen LogP contribution in [-0.2, 0) is 31.4 Å². The summed E-state index contributed by atoms with van der Waals surface area (Å²) in [6.45, 7) is 2.23. The first-order valence-corrected chi connectivity index (χ1v) is 11.4. The first-order chi connectivity index (χ1) is 14.1. The first kappa shape index (κ1) is 21.0. The summed E-state index contributed by atoms with van der Waals surface area (Å²) >= 11 is 0. The number of amides is 1. The molecule has 2 aliphatic rings. The molecule has 160 valence electrons. The largest absolute Gasteiger partial charge is 0.385 e. The number of hydrogen-bond donors (Lipinski definition) is 1. The third-order valence-corrected chi connectivity index (χ3v) is 7.79. The van der Waals surface area contributed by atoms with E-state index < -0.39 is 26.2 Å². The molecule has 0 spiro atoms. The number of sulfone groups is 1. The van der Waals surface area contributed by atoms with Crippen molar-refractivity contribution in [1.82, 2.24) is 0 Å². The number of carbonyl (C=O) groups is 1. The van der Waals surface area contributed by atoms with Crippen molar-refractivity contribution in [2.24, 2.45) is 0 Å². The lowest BCUT2D eigenvalue weighted by Gasteiger charge is -2.36. The molecule has 0 unspecified atom stereocenters. The van der Waals surface area contributed by atoms with Crippen LogP contribution in [0.2, 0.25) is 0 Å². The van der Waals surface area contributed by atoms with E-state index in [1.807, 2.05) is 6.92 Å². The van der Waals surface area contributed by atoms with Crippen molar-refractivity contribution in [2.75, 3.05) is 18.6 Å². The van der Waals surface area contributed by atoms with Gasteiger partial charge < -0.3 is 14.7 Å². The molecule has 8 heteroatoms. The van der Waals surface area contributed by atoms with Crippen LogP contribution in [0.25, 0.3) is 0 Å². The smallest absolute Gasteiger partial charge is 0.227 e. The van der Waals surface area contributed by atoms with Crippen molar-refractivity contribution in [3.05, 3.63) is 53.3 Å². The lowest BCUT2D eigenvalue weighted by Crippen LogP contribution is -2.37. The Kier molecular flexibility index (Phi) is 5.20. The van der Waals surface area contributed by atoms with Gasteiger partial charge in [-0.3, -0.25) is 4.79 Å². The second-order valence-electron chi connectivity index (χ2n) is 8.03. The molecule has 0 saturated carbocycles. The Balaban J connectivity index is 1.76. The Bertz CT molecular complexity index is 1120. The Morgan fingerprint density at radius 2 is 2.00 bits per heavy atom. The number of hydrogen-bond acceptors (Lipinski definition) is 5. The zero-order chi connectivity index (χ0) is 21.7. The van der Waals surface area contributed by atoms with Gasteiger partial charge >= 0.3 is 0 Å². The van der Waals surface area contributed by atoms with E-state index in [0.29, 0.717) is 30.7 Å². The molecule has 6 nitrogen and oxygen atoms in total. The monoisotopic (exact) mass is 433 g/mol. The third-order valence-electron chi connectivity index (χ3n) is 6.02. The van der Waals surface area contributed by atoms with Gasteiger partial charge in [-0.05, 0) is 43.2 Å². The number of ether oxygens (including phenoxy) is 1. The van der Waals surface area contributed by atoms with E-state index in [9.17, 15) is 18.3 Å². The highest BCUT2D eigenvalue weighted by atomic mass is 32.2. The molecule has 0 bridgehead atoms. The highest BCUT2D eigenvalue weighted by molar-refractivity contribution is 7.91. The number of aliphatic hydroxyl groups is 1. The summed E-state index contributed by atoms with van der Waals surface area (Å²) in [4.78, 5) is 12.7. The van der Waals surface area contributed by atoms with Crippen LogP contribution in [0, 0.1) is 5.82 Å². The van der Waals surface area contributed by atoms with Crippen LogP contribution in [0.4, 0.5) is 10.1 Å². The van der Waals surface area contributed by atoms with Crippen molar-refractivity contribution >= 4 is 21.4 Å². The standard InChI is InChI=1S/C22H24FNO5S/c1-14-13-22(26,10-11-29-14)15-4-3-5-16(12-15)30(27,28)19-8-7-18-17(21(19)23)6-9-20(25)24(18)2/h3-5,7-8,12,14,26H,6,9-11,13H2,1-2H3/t14-,22+/m0/s1. The number of nitrogens with zero attached hydrogens (tertiary/aromatic N) is 1. The van der Waals surface area contributed by atoms with E-state index in [1.54, 1.807) is 19.2 Å². The van der Waals surface area contributed by atoms with Crippen molar-refractivity contribution in [2.45, 2.75) is 54.1 Å². The van der Waals surface area contributed by atoms with Gasteiger partial charge in [-0.2, -0.15) is 0 Å². The summed E-state index contributed by atoms with van der Waals surface area (Å²) in [6.07, 6.45) is 0.845. The molecule has 30 heavy (non-hydrogen) atoms. The molecule has 2 aliphatic heterocycles. The number of anilines is 1. The van der Waals surface area contributed by atoms with Crippen LogP contribution in [-0.4, -0.2) is 39.2 Å². The molecule has 2 aromatic rings. The zero-order valence-electron chi connectivity index (χ0n) is 16.9. The minimum absolute atomic E-state index is 0.0772. The second-order valence-corrected chi connectivity index (χ2v) is 9.94. The SMILES string of the molecule is C[C@H]1C[C@@](O)(c2cccc(S(=O)(=O)c3ccc4c(c3F)CCC(=O)N4C)c2)CCO1. The highest BCUT2D eigenvalue weighted by Gasteiger charge is 2.36. The Morgan fingerprint density at radius 3 is 2.73 bits per heavy atom. The Labute approximate surface area is 175 Å². The van der Waals surface area contributed by atoms with Crippen molar-refractivity contribution in [1.29, 1.82) is 0 Å². The van der Waals surface area contributed by atoms with Gasteiger partial charge in [-0.15, -0.1) is 0 Å². The number of carbonyl (C=O) groups excluding carboxylic acids is 1. The van der Waals surface area contributed by atoms with Gasteiger partial charge in [-0.25, -0.2) is 12.8 Å². The van der Waals surface area contributed by atoms with E-state index in [1.165, 1.54) is 29.2 Å². The maximum absolute atomic E-state index is 15.2. The molecule has 0 aliphatic carbocycles. The summed E-state index contributed by atoms with van der Waals surface area (Å²) < 4.78 is 47.3. The van der Waals surface area contributed by atoms with E-state index in [-0.39, 0.29) is 35.3 Å². The normalized spacial score (nSPS) is 24.6.